The Kier molecular flexibility index (Phi) is 6.89. The normalized spacial score (nSPS) is 10.8. The van der Waals surface area contributed by atoms with Gasteiger partial charge in [-0.3, -0.25) is 0 Å². The number of hydrogen-bond donors (Lipinski definition) is 1. The number of sulfonamides is 1. The van der Waals surface area contributed by atoms with Crippen LogP contribution in [-0.4, -0.2) is 59.8 Å². The molecule has 0 saturated carbocycles. The molecular formula is C14H16KNO2S. The number of rotatable bonds is 4. The predicted octanol–water partition coefficient (Wildman–Crippen LogP) is 1.83. The van der Waals surface area contributed by atoms with E-state index in [9.17, 15) is 8.42 Å². The van der Waals surface area contributed by atoms with Crippen molar-refractivity contribution >= 4 is 61.4 Å². The van der Waals surface area contributed by atoms with Crippen molar-refractivity contribution in [2.45, 2.75) is 18.4 Å². The zero-order valence-corrected chi connectivity index (χ0v) is 10.9. The van der Waals surface area contributed by atoms with Crippen LogP contribution in [0.4, 0.5) is 0 Å². The zero-order valence-electron chi connectivity index (χ0n) is 10.1. The van der Waals surface area contributed by atoms with Crippen LogP contribution < -0.4 is 4.72 Å². The van der Waals surface area contributed by atoms with Crippen molar-refractivity contribution in [1.82, 2.24) is 4.72 Å². The summed E-state index contributed by atoms with van der Waals surface area (Å²) in [5, 5.41) is 0. The van der Waals surface area contributed by atoms with Gasteiger partial charge in [-0.25, -0.2) is 13.1 Å². The van der Waals surface area contributed by atoms with E-state index in [1.54, 1.807) is 24.3 Å². The molecule has 0 saturated heterocycles. The van der Waals surface area contributed by atoms with Gasteiger partial charge in [-0.1, -0.05) is 48.0 Å². The van der Waals surface area contributed by atoms with Gasteiger partial charge in [0.15, 0.2) is 0 Å². The molecule has 0 spiro atoms. The topological polar surface area (TPSA) is 46.2 Å². The fourth-order valence-electron chi connectivity index (χ4n) is 1.57. The van der Waals surface area contributed by atoms with Gasteiger partial charge in [0.2, 0.25) is 10.0 Å². The van der Waals surface area contributed by atoms with E-state index in [4.69, 9.17) is 0 Å². The summed E-state index contributed by atoms with van der Waals surface area (Å²) < 4.78 is 26.6. The van der Waals surface area contributed by atoms with Crippen molar-refractivity contribution in [3.05, 3.63) is 65.7 Å². The van der Waals surface area contributed by atoms with Crippen LogP contribution in [0.15, 0.2) is 59.5 Å². The first-order chi connectivity index (χ1) is 8.58. The third-order valence-corrected chi connectivity index (χ3v) is 4.06. The van der Waals surface area contributed by atoms with Gasteiger partial charge in [0.25, 0.3) is 0 Å². The zero-order chi connectivity index (χ0) is 13.0. The Morgan fingerprint density at radius 2 is 1.53 bits per heavy atom. The van der Waals surface area contributed by atoms with Gasteiger partial charge in [0.1, 0.15) is 0 Å². The maximum absolute atomic E-state index is 12.0. The van der Waals surface area contributed by atoms with Crippen molar-refractivity contribution < 1.29 is 8.42 Å². The summed E-state index contributed by atoms with van der Waals surface area (Å²) in [6, 6.07) is 16.2. The van der Waals surface area contributed by atoms with Crippen LogP contribution in [-0.2, 0) is 16.6 Å². The van der Waals surface area contributed by atoms with Crippen LogP contribution in [0.2, 0.25) is 0 Å². The first-order valence-electron chi connectivity index (χ1n) is 5.68. The summed E-state index contributed by atoms with van der Waals surface area (Å²) in [5.74, 6) is 0. The van der Waals surface area contributed by atoms with Gasteiger partial charge in [-0.15, -0.1) is 0 Å². The Morgan fingerprint density at radius 3 is 2.11 bits per heavy atom. The SMILES string of the molecule is Cc1ccc(S(=O)(=O)NCc2ccccc2)cc1.[KH]. The minimum absolute atomic E-state index is 0. The molecule has 2 aromatic rings. The van der Waals surface area contributed by atoms with E-state index in [0.29, 0.717) is 11.4 Å². The Labute approximate surface area is 156 Å². The summed E-state index contributed by atoms with van der Waals surface area (Å²) in [6.07, 6.45) is 0. The van der Waals surface area contributed by atoms with Gasteiger partial charge in [-0.2, -0.15) is 0 Å². The van der Waals surface area contributed by atoms with Crippen molar-refractivity contribution in [3.8, 4) is 0 Å². The molecule has 0 atom stereocenters. The average Bonchev–Trinajstić information content (AvgIpc) is 2.38. The number of hydrogen-bond acceptors (Lipinski definition) is 2. The number of aryl methyl sites for hydroxylation is 1. The van der Waals surface area contributed by atoms with Crippen LogP contribution in [0.3, 0.4) is 0 Å². The van der Waals surface area contributed by atoms with E-state index in [1.807, 2.05) is 37.3 Å². The van der Waals surface area contributed by atoms with Crippen molar-refractivity contribution in [2.75, 3.05) is 0 Å². The molecule has 0 aliphatic carbocycles. The molecule has 19 heavy (non-hydrogen) atoms. The Hall–Kier alpha value is -0.0136. The fraction of sp³-hybridized carbons (Fsp3) is 0.143. The molecule has 1 N–H and O–H groups in total. The standard InChI is InChI=1S/C14H15NO2S.K.H/c1-12-7-9-14(10-8-12)18(16,17)15-11-13-5-3-2-4-6-13;;/h2-10,15H,11H2,1H3;;. The molecule has 0 fully saturated rings. The van der Waals surface area contributed by atoms with Crippen LogP contribution in [0.5, 0.6) is 0 Å². The molecular weight excluding hydrogens is 285 g/mol. The van der Waals surface area contributed by atoms with Crippen molar-refractivity contribution in [1.29, 1.82) is 0 Å². The van der Waals surface area contributed by atoms with Crippen LogP contribution in [0.1, 0.15) is 11.1 Å². The fourth-order valence-corrected chi connectivity index (χ4v) is 2.59. The monoisotopic (exact) mass is 301 g/mol. The molecule has 2 aromatic carbocycles. The molecule has 0 heterocycles. The van der Waals surface area contributed by atoms with E-state index in [-0.39, 0.29) is 51.4 Å². The van der Waals surface area contributed by atoms with Crippen LogP contribution in [0, 0.1) is 6.92 Å². The predicted molar refractivity (Wildman–Crippen MR) is 78.8 cm³/mol. The molecule has 0 aromatic heterocycles. The van der Waals surface area contributed by atoms with E-state index in [0.717, 1.165) is 11.1 Å². The summed E-state index contributed by atoms with van der Waals surface area (Å²) in [7, 11) is -3.43. The summed E-state index contributed by atoms with van der Waals surface area (Å²) in [4.78, 5) is 0.295. The molecule has 2 rings (SSSR count). The molecule has 0 unspecified atom stereocenters. The number of nitrogens with one attached hydrogen (secondary N) is 1. The average molecular weight is 301 g/mol. The second-order valence-electron chi connectivity index (χ2n) is 4.12. The van der Waals surface area contributed by atoms with Crippen molar-refractivity contribution in [3.63, 3.8) is 0 Å². The maximum atomic E-state index is 12.0. The van der Waals surface area contributed by atoms with Gasteiger partial charge in [-0.05, 0) is 24.6 Å². The minimum atomic E-state index is -3.43. The van der Waals surface area contributed by atoms with E-state index in [1.165, 1.54) is 0 Å². The molecule has 5 heteroatoms. The van der Waals surface area contributed by atoms with Crippen molar-refractivity contribution in [2.24, 2.45) is 0 Å². The van der Waals surface area contributed by atoms with E-state index < -0.39 is 10.0 Å². The summed E-state index contributed by atoms with van der Waals surface area (Å²) >= 11 is 0. The van der Waals surface area contributed by atoms with Gasteiger partial charge >= 0.3 is 51.4 Å². The summed E-state index contributed by atoms with van der Waals surface area (Å²) in [6.45, 7) is 2.23. The second-order valence-corrected chi connectivity index (χ2v) is 5.89. The van der Waals surface area contributed by atoms with Gasteiger partial charge in [0.05, 0.1) is 4.90 Å². The quantitative estimate of drug-likeness (QED) is 0.876. The Morgan fingerprint density at radius 1 is 0.947 bits per heavy atom. The molecule has 96 valence electrons. The van der Waals surface area contributed by atoms with E-state index >= 15 is 0 Å². The third kappa shape index (κ3) is 5.11. The molecule has 0 radical (unpaired) electrons. The molecule has 0 aliphatic rings. The first-order valence-corrected chi connectivity index (χ1v) is 7.16. The third-order valence-electron chi connectivity index (χ3n) is 2.64. The molecule has 0 amide bonds. The second kappa shape index (κ2) is 7.69. The van der Waals surface area contributed by atoms with Crippen LogP contribution >= 0.6 is 0 Å². The van der Waals surface area contributed by atoms with Gasteiger partial charge < -0.3 is 0 Å². The Balaban J connectivity index is 0.00000180. The van der Waals surface area contributed by atoms with Gasteiger partial charge in [0, 0.05) is 6.54 Å². The number of benzene rings is 2. The summed E-state index contributed by atoms with van der Waals surface area (Å²) in [5.41, 5.74) is 1.98. The van der Waals surface area contributed by atoms with Crippen LogP contribution in [0.25, 0.3) is 0 Å². The molecule has 0 bridgehead atoms. The molecule has 0 aliphatic heterocycles. The molecule has 3 nitrogen and oxygen atoms in total. The first kappa shape index (κ1) is 17.0. The van der Waals surface area contributed by atoms with E-state index in [2.05, 4.69) is 4.72 Å². The Bertz CT molecular complexity index is 610.